The lowest BCUT2D eigenvalue weighted by Crippen LogP contribution is -2.39. The summed E-state index contributed by atoms with van der Waals surface area (Å²) in [6.45, 7) is 0.233. The summed E-state index contributed by atoms with van der Waals surface area (Å²) in [4.78, 5) is 29.0. The molecule has 2 aromatic carbocycles. The van der Waals surface area contributed by atoms with Crippen molar-refractivity contribution >= 4 is 44.8 Å². The Morgan fingerprint density at radius 2 is 1.71 bits per heavy atom. The van der Waals surface area contributed by atoms with Crippen molar-refractivity contribution in [2.24, 2.45) is 0 Å². The molecule has 0 spiro atoms. The predicted octanol–water partition coefficient (Wildman–Crippen LogP) is 5.59. The number of thiophene rings is 1. The number of rotatable bonds is 3. The summed E-state index contributed by atoms with van der Waals surface area (Å²) in [7, 11) is 0. The molecule has 0 amide bonds. The Hall–Kier alpha value is -2.41. The van der Waals surface area contributed by atoms with Crippen molar-refractivity contribution in [3.8, 4) is 5.69 Å². The van der Waals surface area contributed by atoms with Crippen molar-refractivity contribution in [2.45, 2.75) is 32.2 Å². The summed E-state index contributed by atoms with van der Waals surface area (Å²) in [5, 5.41) is 1.20. The van der Waals surface area contributed by atoms with E-state index in [0.717, 1.165) is 46.3 Å². The highest BCUT2D eigenvalue weighted by Gasteiger charge is 2.24. The van der Waals surface area contributed by atoms with E-state index in [1.54, 1.807) is 28.8 Å². The van der Waals surface area contributed by atoms with Crippen LogP contribution in [0.25, 0.3) is 15.9 Å². The zero-order valence-corrected chi connectivity index (χ0v) is 18.7. The van der Waals surface area contributed by atoms with Gasteiger partial charge in [0.25, 0.3) is 5.56 Å². The van der Waals surface area contributed by atoms with Gasteiger partial charge in [0.2, 0.25) is 0 Å². The minimum atomic E-state index is -0.459. The van der Waals surface area contributed by atoms with Gasteiger partial charge in [-0.25, -0.2) is 13.8 Å². The molecule has 158 valence electrons. The molecule has 4 aromatic rings. The Kier molecular flexibility index (Phi) is 5.24. The molecule has 2 aromatic heterocycles. The van der Waals surface area contributed by atoms with Crippen molar-refractivity contribution in [2.75, 3.05) is 0 Å². The number of aromatic nitrogens is 2. The van der Waals surface area contributed by atoms with Crippen LogP contribution in [0, 0.1) is 5.82 Å². The van der Waals surface area contributed by atoms with Crippen molar-refractivity contribution in [3.05, 3.63) is 95.2 Å². The molecule has 0 radical (unpaired) electrons. The van der Waals surface area contributed by atoms with Crippen LogP contribution in [0.1, 0.15) is 28.8 Å². The fourth-order valence-corrected chi connectivity index (χ4v) is 5.80. The zero-order valence-electron chi connectivity index (χ0n) is 16.3. The Balaban J connectivity index is 1.82. The lowest BCUT2D eigenvalue weighted by molar-refractivity contribution is 0.626. The fourth-order valence-electron chi connectivity index (χ4n) is 4.13. The molecule has 2 heterocycles. The van der Waals surface area contributed by atoms with E-state index in [1.807, 2.05) is 0 Å². The van der Waals surface area contributed by atoms with Crippen molar-refractivity contribution in [1.29, 1.82) is 0 Å². The Morgan fingerprint density at radius 1 is 0.968 bits per heavy atom. The second-order valence-electron chi connectivity index (χ2n) is 7.63. The lowest BCUT2D eigenvalue weighted by Gasteiger charge is -2.14. The lowest BCUT2D eigenvalue weighted by atomic mass is 9.97. The Morgan fingerprint density at radius 3 is 2.45 bits per heavy atom. The van der Waals surface area contributed by atoms with Gasteiger partial charge < -0.3 is 0 Å². The number of halogens is 3. The molecule has 0 fully saturated rings. The summed E-state index contributed by atoms with van der Waals surface area (Å²) in [6, 6.07) is 10.7. The number of aryl methyl sites for hydroxylation is 2. The van der Waals surface area contributed by atoms with E-state index in [4.69, 9.17) is 23.2 Å². The van der Waals surface area contributed by atoms with Crippen LogP contribution in [-0.4, -0.2) is 9.13 Å². The normalized spacial score (nSPS) is 13.5. The summed E-state index contributed by atoms with van der Waals surface area (Å²) in [5.74, 6) is -0.339. The number of nitrogens with zero attached hydrogens (tertiary/aromatic N) is 2. The van der Waals surface area contributed by atoms with Crippen molar-refractivity contribution in [3.63, 3.8) is 0 Å². The van der Waals surface area contributed by atoms with Gasteiger partial charge in [-0.15, -0.1) is 11.3 Å². The van der Waals surface area contributed by atoms with E-state index in [0.29, 0.717) is 20.9 Å². The van der Waals surface area contributed by atoms with Gasteiger partial charge in [0.15, 0.2) is 0 Å². The van der Waals surface area contributed by atoms with E-state index >= 15 is 0 Å². The van der Waals surface area contributed by atoms with Gasteiger partial charge in [-0.2, -0.15) is 0 Å². The predicted molar refractivity (Wildman–Crippen MR) is 124 cm³/mol. The van der Waals surface area contributed by atoms with Crippen LogP contribution in [0.4, 0.5) is 4.39 Å². The number of hydrogen-bond acceptors (Lipinski definition) is 3. The van der Waals surface area contributed by atoms with Crippen LogP contribution in [0.3, 0.4) is 0 Å². The SMILES string of the molecule is O=c1c2c3c(sc2n(Cc2ccc(F)cc2)c(=O)n1-c1ccc(Cl)c(Cl)c1)CCCC3. The highest BCUT2D eigenvalue weighted by atomic mass is 35.5. The van der Waals surface area contributed by atoms with Gasteiger partial charge >= 0.3 is 5.69 Å². The quantitative estimate of drug-likeness (QED) is 0.388. The Labute approximate surface area is 191 Å². The summed E-state index contributed by atoms with van der Waals surface area (Å²) in [5.41, 5.74) is 1.38. The molecule has 0 atom stereocenters. The smallest absolute Gasteiger partial charge is 0.280 e. The molecule has 5 rings (SSSR count). The van der Waals surface area contributed by atoms with E-state index in [-0.39, 0.29) is 22.9 Å². The van der Waals surface area contributed by atoms with Gasteiger partial charge in [0, 0.05) is 4.88 Å². The number of hydrogen-bond donors (Lipinski definition) is 0. The Bertz CT molecular complexity index is 1440. The second-order valence-corrected chi connectivity index (χ2v) is 9.52. The standard InChI is InChI=1S/C23H17Cl2FN2O2S/c24-17-10-9-15(11-18(17)25)28-21(29)20-16-3-1-2-4-19(16)31-22(20)27(23(28)30)12-13-5-7-14(26)8-6-13/h5-11H,1-4,12H2. The van der Waals surface area contributed by atoms with Crippen LogP contribution in [0.2, 0.25) is 10.0 Å². The molecule has 8 heteroatoms. The van der Waals surface area contributed by atoms with Crippen molar-refractivity contribution < 1.29 is 4.39 Å². The first-order valence-electron chi connectivity index (χ1n) is 9.94. The summed E-state index contributed by atoms with van der Waals surface area (Å²) >= 11 is 13.7. The molecule has 0 unspecified atom stereocenters. The first-order valence-corrected chi connectivity index (χ1v) is 11.5. The van der Waals surface area contributed by atoms with E-state index in [2.05, 4.69) is 0 Å². The topological polar surface area (TPSA) is 44.0 Å². The fraction of sp³-hybridized carbons (Fsp3) is 0.217. The average molecular weight is 475 g/mol. The number of fused-ring (bicyclic) bond motifs is 3. The largest absolute Gasteiger partial charge is 0.337 e. The van der Waals surface area contributed by atoms with Gasteiger partial charge in [0.1, 0.15) is 10.6 Å². The molecule has 0 aliphatic heterocycles. The van der Waals surface area contributed by atoms with Gasteiger partial charge in [-0.05, 0) is 67.1 Å². The maximum absolute atomic E-state index is 13.6. The monoisotopic (exact) mass is 474 g/mol. The molecule has 0 saturated carbocycles. The highest BCUT2D eigenvalue weighted by Crippen LogP contribution is 2.34. The molecule has 0 bridgehead atoms. The molecule has 1 aliphatic carbocycles. The van der Waals surface area contributed by atoms with Crippen LogP contribution >= 0.6 is 34.5 Å². The van der Waals surface area contributed by atoms with Crippen molar-refractivity contribution in [1.82, 2.24) is 9.13 Å². The van der Waals surface area contributed by atoms with Crippen LogP contribution in [0.5, 0.6) is 0 Å². The third kappa shape index (κ3) is 3.53. The third-order valence-electron chi connectivity index (χ3n) is 5.65. The van der Waals surface area contributed by atoms with E-state index in [9.17, 15) is 14.0 Å². The average Bonchev–Trinajstić information content (AvgIpc) is 3.15. The van der Waals surface area contributed by atoms with Crippen LogP contribution in [0.15, 0.2) is 52.1 Å². The molecule has 0 saturated heterocycles. The summed E-state index contributed by atoms with van der Waals surface area (Å²) in [6.07, 6.45) is 3.82. The van der Waals surface area contributed by atoms with Crippen LogP contribution in [-0.2, 0) is 19.4 Å². The maximum atomic E-state index is 13.6. The molecule has 0 N–H and O–H groups in total. The van der Waals surface area contributed by atoms with Gasteiger partial charge in [0.05, 0.1) is 27.7 Å². The maximum Gasteiger partial charge on any atom is 0.337 e. The minimum Gasteiger partial charge on any atom is -0.280 e. The highest BCUT2D eigenvalue weighted by molar-refractivity contribution is 7.18. The molecular formula is C23H17Cl2FN2O2S. The summed E-state index contributed by atoms with van der Waals surface area (Å²) < 4.78 is 16.2. The first-order chi connectivity index (χ1) is 14.9. The van der Waals surface area contributed by atoms with E-state index < -0.39 is 5.69 Å². The molecule has 31 heavy (non-hydrogen) atoms. The third-order valence-corrected chi connectivity index (χ3v) is 7.71. The number of benzene rings is 2. The molecular weight excluding hydrogens is 458 g/mol. The van der Waals surface area contributed by atoms with Gasteiger partial charge in [-0.3, -0.25) is 9.36 Å². The molecule has 4 nitrogen and oxygen atoms in total. The van der Waals surface area contributed by atoms with E-state index in [1.165, 1.54) is 29.5 Å². The van der Waals surface area contributed by atoms with Gasteiger partial charge in [-0.1, -0.05) is 35.3 Å². The minimum absolute atomic E-state index is 0.233. The molecule has 1 aliphatic rings. The first kappa shape index (κ1) is 20.5. The second kappa shape index (κ2) is 7.93. The zero-order chi connectivity index (χ0) is 21.7. The van der Waals surface area contributed by atoms with Crippen LogP contribution < -0.4 is 11.2 Å².